The lowest BCUT2D eigenvalue weighted by atomic mass is 9.78. The maximum Gasteiger partial charge on any atom is 0.275 e. The molecule has 2 N–H and O–H groups in total. The van der Waals surface area contributed by atoms with Crippen molar-refractivity contribution in [1.29, 1.82) is 0 Å². The number of hydrogen-bond acceptors (Lipinski definition) is 3. The van der Waals surface area contributed by atoms with E-state index in [0.29, 0.717) is 11.3 Å². The normalized spacial score (nSPS) is 12.6. The molecule has 1 aromatic carbocycles. The average Bonchev–Trinajstić information content (AvgIpc) is 2.12. The summed E-state index contributed by atoms with van der Waals surface area (Å²) in [5.74, 6) is 0. The van der Waals surface area contributed by atoms with Gasteiger partial charge in [-0.2, -0.15) is 0 Å². The molecule has 0 radical (unpaired) electrons. The van der Waals surface area contributed by atoms with Gasteiger partial charge in [0.2, 0.25) is 0 Å². The lowest BCUT2D eigenvalue weighted by Gasteiger charge is -2.27. The minimum atomic E-state index is -0.358. The van der Waals surface area contributed by atoms with Gasteiger partial charge in [-0.1, -0.05) is 41.5 Å². The van der Waals surface area contributed by atoms with E-state index in [1.807, 2.05) is 20.8 Å². The first kappa shape index (κ1) is 14.5. The van der Waals surface area contributed by atoms with E-state index in [4.69, 9.17) is 5.73 Å². The van der Waals surface area contributed by atoms with Crippen molar-refractivity contribution in [1.82, 2.24) is 0 Å². The van der Waals surface area contributed by atoms with Crippen LogP contribution in [0.2, 0.25) is 0 Å². The summed E-state index contributed by atoms with van der Waals surface area (Å²) in [4.78, 5) is 10.8. The van der Waals surface area contributed by atoms with Crippen LogP contribution in [0.25, 0.3) is 0 Å². The molecule has 100 valence electrons. The number of anilines is 1. The van der Waals surface area contributed by atoms with E-state index in [0.717, 1.165) is 5.56 Å². The van der Waals surface area contributed by atoms with E-state index in [2.05, 4.69) is 20.8 Å². The van der Waals surface area contributed by atoms with Crippen molar-refractivity contribution in [2.45, 2.75) is 52.4 Å². The van der Waals surface area contributed by atoms with Gasteiger partial charge in [-0.15, -0.1) is 0 Å². The van der Waals surface area contributed by atoms with E-state index in [1.54, 1.807) is 12.1 Å². The average molecular weight is 250 g/mol. The number of nitro groups is 1. The van der Waals surface area contributed by atoms with Crippen molar-refractivity contribution < 1.29 is 4.92 Å². The molecule has 0 fully saturated rings. The highest BCUT2D eigenvalue weighted by atomic mass is 16.6. The molecule has 0 amide bonds. The summed E-state index contributed by atoms with van der Waals surface area (Å²) in [7, 11) is 0. The molecule has 4 heteroatoms. The number of nitrogens with zero attached hydrogens (tertiary/aromatic N) is 1. The summed E-state index contributed by atoms with van der Waals surface area (Å²) in [6.07, 6.45) is 0. The second kappa shape index (κ2) is 4.26. The van der Waals surface area contributed by atoms with E-state index < -0.39 is 0 Å². The van der Waals surface area contributed by atoms with Crippen LogP contribution in [0.1, 0.15) is 52.7 Å². The molecule has 0 bridgehead atoms. The predicted octanol–water partition coefficient (Wildman–Crippen LogP) is 3.77. The first-order valence-electron chi connectivity index (χ1n) is 6.04. The number of benzene rings is 1. The Morgan fingerprint density at radius 3 is 1.89 bits per heavy atom. The van der Waals surface area contributed by atoms with Crippen molar-refractivity contribution >= 4 is 11.4 Å². The minimum Gasteiger partial charge on any atom is -0.398 e. The third-order valence-corrected chi connectivity index (χ3v) is 2.98. The minimum absolute atomic E-state index is 0.105. The number of rotatable bonds is 1. The lowest BCUT2D eigenvalue weighted by molar-refractivity contribution is -0.385. The van der Waals surface area contributed by atoms with Crippen LogP contribution >= 0.6 is 0 Å². The summed E-state index contributed by atoms with van der Waals surface area (Å²) in [6, 6.07) is 3.33. The summed E-state index contributed by atoms with van der Waals surface area (Å²) < 4.78 is 0. The van der Waals surface area contributed by atoms with Gasteiger partial charge in [-0.05, 0) is 22.5 Å². The zero-order chi connectivity index (χ0) is 14.3. The van der Waals surface area contributed by atoms with E-state index in [1.165, 1.54) is 0 Å². The smallest absolute Gasteiger partial charge is 0.275 e. The fourth-order valence-electron chi connectivity index (χ4n) is 2.20. The topological polar surface area (TPSA) is 69.2 Å². The van der Waals surface area contributed by atoms with Crippen LogP contribution in [0.5, 0.6) is 0 Å². The maximum absolute atomic E-state index is 11.1. The first-order chi connectivity index (χ1) is 7.96. The molecule has 0 aliphatic carbocycles. The molecular weight excluding hydrogens is 228 g/mol. The monoisotopic (exact) mass is 250 g/mol. The number of nitrogens with two attached hydrogens (primary N) is 1. The van der Waals surface area contributed by atoms with Gasteiger partial charge in [0.1, 0.15) is 0 Å². The van der Waals surface area contributed by atoms with E-state index >= 15 is 0 Å². The molecule has 0 aliphatic heterocycles. The molecule has 4 nitrogen and oxygen atoms in total. The molecular formula is C14H22N2O2. The van der Waals surface area contributed by atoms with Gasteiger partial charge in [-0.3, -0.25) is 10.1 Å². The number of hydrogen-bond donors (Lipinski definition) is 1. The van der Waals surface area contributed by atoms with Crippen LogP contribution < -0.4 is 5.73 Å². The zero-order valence-corrected chi connectivity index (χ0v) is 12.0. The zero-order valence-electron chi connectivity index (χ0n) is 12.0. The highest BCUT2D eigenvalue weighted by Gasteiger charge is 2.31. The van der Waals surface area contributed by atoms with Crippen LogP contribution in [0.15, 0.2) is 12.1 Å². The van der Waals surface area contributed by atoms with Gasteiger partial charge < -0.3 is 5.73 Å². The fraction of sp³-hybridized carbons (Fsp3) is 0.571. The Morgan fingerprint density at radius 1 is 1.06 bits per heavy atom. The largest absolute Gasteiger partial charge is 0.398 e. The molecule has 1 aromatic rings. The second-order valence-corrected chi connectivity index (χ2v) is 6.68. The summed E-state index contributed by atoms with van der Waals surface area (Å²) >= 11 is 0. The molecule has 0 spiro atoms. The molecule has 18 heavy (non-hydrogen) atoms. The van der Waals surface area contributed by atoms with Crippen molar-refractivity contribution in [3.63, 3.8) is 0 Å². The first-order valence-corrected chi connectivity index (χ1v) is 6.04. The molecule has 0 heterocycles. The maximum atomic E-state index is 11.1. The molecule has 0 atom stereocenters. The Kier molecular flexibility index (Phi) is 3.43. The Balaban J connectivity index is 3.67. The standard InChI is InChI=1S/C14H22N2O2/c1-13(2,3)9-7-8-10(16(17)18)11(12(9)15)14(4,5)6/h7-8H,15H2,1-6H3. The Labute approximate surface area is 108 Å². The summed E-state index contributed by atoms with van der Waals surface area (Å²) in [6.45, 7) is 12.0. The van der Waals surface area contributed by atoms with Crippen molar-refractivity contribution in [2.75, 3.05) is 5.73 Å². The molecule has 0 saturated heterocycles. The highest BCUT2D eigenvalue weighted by molar-refractivity contribution is 5.66. The van der Waals surface area contributed by atoms with Gasteiger partial charge in [0.25, 0.3) is 5.69 Å². The predicted molar refractivity (Wildman–Crippen MR) is 74.9 cm³/mol. The molecule has 0 unspecified atom stereocenters. The van der Waals surface area contributed by atoms with Crippen LogP contribution in [0.4, 0.5) is 11.4 Å². The van der Waals surface area contributed by atoms with Crippen molar-refractivity contribution in [3.05, 3.63) is 33.4 Å². The summed E-state index contributed by atoms with van der Waals surface area (Å²) in [5, 5.41) is 11.1. The van der Waals surface area contributed by atoms with Crippen LogP contribution in [0, 0.1) is 10.1 Å². The number of nitrogen functional groups attached to an aromatic ring is 1. The van der Waals surface area contributed by atoms with Crippen LogP contribution in [0.3, 0.4) is 0 Å². The summed E-state index contributed by atoms with van der Waals surface area (Å²) in [5.41, 5.74) is 7.94. The Morgan fingerprint density at radius 2 is 1.56 bits per heavy atom. The van der Waals surface area contributed by atoms with Gasteiger partial charge in [-0.25, -0.2) is 0 Å². The molecule has 0 aromatic heterocycles. The van der Waals surface area contributed by atoms with Crippen molar-refractivity contribution in [3.8, 4) is 0 Å². The Hall–Kier alpha value is -1.58. The van der Waals surface area contributed by atoms with Crippen LogP contribution in [-0.4, -0.2) is 4.92 Å². The third kappa shape index (κ3) is 2.63. The van der Waals surface area contributed by atoms with Gasteiger partial charge in [0, 0.05) is 11.8 Å². The quantitative estimate of drug-likeness (QED) is 0.468. The van der Waals surface area contributed by atoms with Gasteiger partial charge >= 0.3 is 0 Å². The second-order valence-electron chi connectivity index (χ2n) is 6.68. The third-order valence-electron chi connectivity index (χ3n) is 2.98. The lowest BCUT2D eigenvalue weighted by Crippen LogP contribution is -2.21. The van der Waals surface area contributed by atoms with E-state index in [9.17, 15) is 10.1 Å². The van der Waals surface area contributed by atoms with Gasteiger partial charge in [0.05, 0.1) is 10.5 Å². The Bertz CT molecular complexity index is 480. The molecule has 0 saturated carbocycles. The molecule has 1 rings (SSSR count). The van der Waals surface area contributed by atoms with Crippen LogP contribution in [-0.2, 0) is 10.8 Å². The highest BCUT2D eigenvalue weighted by Crippen LogP contribution is 2.41. The van der Waals surface area contributed by atoms with Crippen molar-refractivity contribution in [2.24, 2.45) is 0 Å². The number of nitro benzene ring substituents is 1. The van der Waals surface area contributed by atoms with E-state index in [-0.39, 0.29) is 21.4 Å². The fourth-order valence-corrected chi connectivity index (χ4v) is 2.20. The molecule has 0 aliphatic rings. The van der Waals surface area contributed by atoms with Gasteiger partial charge in [0.15, 0.2) is 0 Å². The SMILES string of the molecule is CC(C)(C)c1ccc([N+](=O)[O-])c(C(C)(C)C)c1N.